The molecule has 1 N–H and O–H groups in total. The lowest BCUT2D eigenvalue weighted by molar-refractivity contribution is -0.138. The Labute approximate surface area is 103 Å². The second-order valence-corrected chi connectivity index (χ2v) is 5.29. The Morgan fingerprint density at radius 2 is 1.83 bits per heavy atom. The largest absolute Gasteiger partial charge is 0.417 e. The van der Waals surface area contributed by atoms with E-state index in [9.17, 15) is 23.1 Å². The van der Waals surface area contributed by atoms with E-state index in [1.165, 1.54) is 0 Å². The van der Waals surface area contributed by atoms with Gasteiger partial charge in [-0.1, -0.05) is 20.8 Å². The van der Waals surface area contributed by atoms with Crippen LogP contribution in [0.1, 0.15) is 26.3 Å². The maximum absolute atomic E-state index is 12.5. The highest BCUT2D eigenvalue weighted by molar-refractivity contribution is 5.13. The van der Waals surface area contributed by atoms with Crippen molar-refractivity contribution >= 4 is 0 Å². The van der Waals surface area contributed by atoms with Gasteiger partial charge in [-0.2, -0.15) is 13.2 Å². The summed E-state index contributed by atoms with van der Waals surface area (Å²) in [6.07, 6.45) is -4.67. The zero-order chi connectivity index (χ0) is 14.1. The van der Waals surface area contributed by atoms with E-state index < -0.39 is 28.8 Å². The second kappa shape index (κ2) is 4.76. The molecule has 1 unspecified atom stereocenters. The molecule has 1 aromatic heterocycles. The highest BCUT2D eigenvalue weighted by atomic mass is 19.4. The van der Waals surface area contributed by atoms with Crippen molar-refractivity contribution < 1.29 is 18.3 Å². The van der Waals surface area contributed by atoms with E-state index in [1.54, 1.807) is 20.8 Å². The van der Waals surface area contributed by atoms with Crippen LogP contribution in [0.25, 0.3) is 0 Å². The van der Waals surface area contributed by atoms with E-state index in [0.717, 1.165) is 22.9 Å². The molecular formula is C12H16F3NO2. The van der Waals surface area contributed by atoms with Gasteiger partial charge >= 0.3 is 6.18 Å². The van der Waals surface area contributed by atoms with Gasteiger partial charge in [0.1, 0.15) is 0 Å². The van der Waals surface area contributed by atoms with Crippen molar-refractivity contribution in [3.8, 4) is 0 Å². The summed E-state index contributed by atoms with van der Waals surface area (Å²) in [6.45, 7) is 5.08. The number of halogens is 3. The summed E-state index contributed by atoms with van der Waals surface area (Å²) >= 11 is 0. The van der Waals surface area contributed by atoms with E-state index in [-0.39, 0.29) is 6.54 Å². The summed E-state index contributed by atoms with van der Waals surface area (Å²) in [5.74, 6) is 0. The van der Waals surface area contributed by atoms with E-state index >= 15 is 0 Å². The molecule has 18 heavy (non-hydrogen) atoms. The van der Waals surface area contributed by atoms with Crippen molar-refractivity contribution in [1.29, 1.82) is 0 Å². The van der Waals surface area contributed by atoms with Crippen molar-refractivity contribution in [3.05, 3.63) is 34.2 Å². The lowest BCUT2D eigenvalue weighted by Gasteiger charge is -2.26. The van der Waals surface area contributed by atoms with E-state index in [0.29, 0.717) is 0 Å². The fraction of sp³-hybridized carbons (Fsp3) is 0.583. The Kier molecular flexibility index (Phi) is 3.90. The number of hydrogen-bond donors (Lipinski definition) is 1. The Balaban J connectivity index is 3.07. The van der Waals surface area contributed by atoms with Gasteiger partial charge in [0.2, 0.25) is 0 Å². The lowest BCUT2D eigenvalue weighted by atomic mass is 9.89. The third-order valence-corrected chi connectivity index (χ3v) is 2.68. The first-order valence-electron chi connectivity index (χ1n) is 5.47. The molecule has 0 amide bonds. The summed E-state index contributed by atoms with van der Waals surface area (Å²) < 4.78 is 38.4. The molecule has 0 aromatic carbocycles. The number of pyridine rings is 1. The van der Waals surface area contributed by atoms with Crippen molar-refractivity contribution in [2.24, 2.45) is 5.41 Å². The van der Waals surface area contributed by atoms with Gasteiger partial charge in [-0.25, -0.2) is 0 Å². The smallest absolute Gasteiger partial charge is 0.391 e. The van der Waals surface area contributed by atoms with Gasteiger partial charge in [0.15, 0.2) is 0 Å². The van der Waals surface area contributed by atoms with Crippen LogP contribution in [0.2, 0.25) is 0 Å². The molecule has 0 bridgehead atoms. The zero-order valence-electron chi connectivity index (χ0n) is 10.5. The number of rotatable bonds is 2. The van der Waals surface area contributed by atoms with Crippen LogP contribution in [0.3, 0.4) is 0 Å². The number of alkyl halides is 3. The Morgan fingerprint density at radius 1 is 1.28 bits per heavy atom. The maximum Gasteiger partial charge on any atom is 0.417 e. The fourth-order valence-electron chi connectivity index (χ4n) is 1.30. The van der Waals surface area contributed by atoms with Crippen molar-refractivity contribution in [2.45, 2.75) is 39.6 Å². The normalized spacial score (nSPS) is 14.6. The minimum atomic E-state index is -4.50. The first-order valence-corrected chi connectivity index (χ1v) is 5.47. The minimum absolute atomic E-state index is 0.160. The molecule has 6 heteroatoms. The average molecular weight is 263 g/mol. The molecule has 3 nitrogen and oxygen atoms in total. The molecule has 1 aromatic rings. The van der Waals surface area contributed by atoms with Crippen molar-refractivity contribution in [1.82, 2.24) is 4.57 Å². The monoisotopic (exact) mass is 263 g/mol. The van der Waals surface area contributed by atoms with Gasteiger partial charge in [0.05, 0.1) is 18.2 Å². The van der Waals surface area contributed by atoms with Gasteiger partial charge in [-0.15, -0.1) is 0 Å². The molecule has 0 saturated heterocycles. The first kappa shape index (κ1) is 14.8. The van der Waals surface area contributed by atoms with Crippen LogP contribution in [-0.2, 0) is 12.7 Å². The van der Waals surface area contributed by atoms with Gasteiger partial charge in [-0.3, -0.25) is 4.79 Å². The molecule has 1 atom stereocenters. The molecule has 0 aliphatic carbocycles. The van der Waals surface area contributed by atoms with Crippen molar-refractivity contribution in [2.75, 3.05) is 0 Å². The van der Waals surface area contributed by atoms with Gasteiger partial charge in [-0.05, 0) is 11.5 Å². The summed E-state index contributed by atoms with van der Waals surface area (Å²) in [5.41, 5.74) is -1.97. The van der Waals surface area contributed by atoms with Crippen LogP contribution < -0.4 is 5.56 Å². The molecule has 0 spiro atoms. The molecular weight excluding hydrogens is 247 g/mol. The van der Waals surface area contributed by atoms with Crippen LogP contribution >= 0.6 is 0 Å². The maximum atomic E-state index is 12.5. The molecule has 1 heterocycles. The first-order chi connectivity index (χ1) is 8.01. The number of aliphatic hydroxyl groups excluding tert-OH is 1. The van der Waals surface area contributed by atoms with E-state index in [4.69, 9.17) is 0 Å². The van der Waals surface area contributed by atoms with E-state index in [2.05, 4.69) is 0 Å². The van der Waals surface area contributed by atoms with E-state index in [1.807, 2.05) is 0 Å². The molecule has 102 valence electrons. The van der Waals surface area contributed by atoms with Crippen LogP contribution in [0, 0.1) is 5.41 Å². The highest BCUT2D eigenvalue weighted by Gasteiger charge is 2.31. The van der Waals surface area contributed by atoms with Crippen LogP contribution in [0.4, 0.5) is 13.2 Å². The predicted molar refractivity (Wildman–Crippen MR) is 61.2 cm³/mol. The van der Waals surface area contributed by atoms with Crippen molar-refractivity contribution in [3.63, 3.8) is 0 Å². The third-order valence-electron chi connectivity index (χ3n) is 2.68. The van der Waals surface area contributed by atoms with Gasteiger partial charge in [0.25, 0.3) is 5.56 Å². The molecule has 0 radical (unpaired) electrons. The number of aromatic nitrogens is 1. The quantitative estimate of drug-likeness (QED) is 0.889. The zero-order valence-corrected chi connectivity index (χ0v) is 10.5. The number of hydrogen-bond acceptors (Lipinski definition) is 2. The highest BCUT2D eigenvalue weighted by Crippen LogP contribution is 2.28. The average Bonchev–Trinajstić information content (AvgIpc) is 2.18. The summed E-state index contributed by atoms with van der Waals surface area (Å²) in [6, 6.07) is 1.60. The lowest BCUT2D eigenvalue weighted by Crippen LogP contribution is -2.34. The Hall–Kier alpha value is -1.30. The predicted octanol–water partition coefficient (Wildman–Crippen LogP) is 2.27. The van der Waals surface area contributed by atoms with Gasteiger partial charge in [0, 0.05) is 12.3 Å². The SMILES string of the molecule is CC(C)(C)C(O)Cn1cc(C(F)(F)F)ccc1=O. The molecule has 1 rings (SSSR count). The molecule has 0 fully saturated rings. The summed E-state index contributed by atoms with van der Waals surface area (Å²) in [4.78, 5) is 11.4. The van der Waals surface area contributed by atoms with Crippen LogP contribution in [0.15, 0.2) is 23.1 Å². The second-order valence-electron chi connectivity index (χ2n) is 5.29. The number of aliphatic hydroxyl groups is 1. The Morgan fingerprint density at radius 3 is 2.28 bits per heavy atom. The standard InChI is InChI=1S/C12H16F3NO2/c1-11(2,3)9(17)7-16-6-8(12(13,14)15)4-5-10(16)18/h4-6,9,17H,7H2,1-3H3. The number of nitrogens with zero attached hydrogens (tertiary/aromatic N) is 1. The minimum Gasteiger partial charge on any atom is -0.391 e. The Bertz CT molecular complexity index is 471. The van der Waals surface area contributed by atoms with Crippen LogP contribution in [0.5, 0.6) is 0 Å². The molecule has 0 aliphatic rings. The fourth-order valence-corrected chi connectivity index (χ4v) is 1.30. The molecule has 0 saturated carbocycles. The van der Waals surface area contributed by atoms with Gasteiger partial charge < -0.3 is 9.67 Å². The van der Waals surface area contributed by atoms with Crippen LogP contribution in [-0.4, -0.2) is 15.8 Å². The topological polar surface area (TPSA) is 42.2 Å². The summed E-state index contributed by atoms with van der Waals surface area (Å²) in [5, 5.41) is 9.82. The molecule has 0 aliphatic heterocycles. The third kappa shape index (κ3) is 3.60. The summed E-state index contributed by atoms with van der Waals surface area (Å²) in [7, 11) is 0.